The Bertz CT molecular complexity index is 1320. The molecule has 186 valence electrons. The van der Waals surface area contributed by atoms with E-state index < -0.39 is 46.8 Å². The quantitative estimate of drug-likeness (QED) is 0.538. The van der Waals surface area contributed by atoms with Crippen molar-refractivity contribution in [2.75, 3.05) is 23.3 Å². The van der Waals surface area contributed by atoms with Crippen molar-refractivity contribution < 1.29 is 36.3 Å². The van der Waals surface area contributed by atoms with Crippen molar-refractivity contribution in [2.45, 2.75) is 12.6 Å². The van der Waals surface area contributed by atoms with Crippen molar-refractivity contribution >= 4 is 29.5 Å². The van der Waals surface area contributed by atoms with Crippen molar-refractivity contribution in [3.8, 4) is 0 Å². The average Bonchev–Trinajstić information content (AvgIpc) is 2.83. The fraction of sp³-hybridized carbons (Fsp3) is 0.182. The molecule has 1 aliphatic rings. The Labute approximate surface area is 199 Å². The van der Waals surface area contributed by atoms with Crippen LogP contribution in [0.4, 0.5) is 38.4 Å². The van der Waals surface area contributed by atoms with Crippen molar-refractivity contribution in [2.24, 2.45) is 0 Å². The molecule has 0 spiro atoms. The number of alkyl halides is 3. The lowest BCUT2D eigenvalue weighted by molar-refractivity contribution is -0.140. The van der Waals surface area contributed by atoms with Gasteiger partial charge in [-0.25, -0.2) is 18.6 Å². The first-order chi connectivity index (χ1) is 17.1. The maximum absolute atomic E-state index is 13.9. The van der Waals surface area contributed by atoms with Gasteiger partial charge in [-0.2, -0.15) is 18.3 Å². The number of benzene rings is 1. The van der Waals surface area contributed by atoms with Crippen LogP contribution < -0.4 is 10.2 Å². The van der Waals surface area contributed by atoms with Crippen molar-refractivity contribution in [1.29, 1.82) is 0 Å². The van der Waals surface area contributed by atoms with Crippen LogP contribution in [0.25, 0.3) is 0 Å². The Morgan fingerprint density at radius 3 is 2.47 bits per heavy atom. The number of hydrogen-bond donors (Lipinski definition) is 1. The molecule has 14 heteroatoms. The van der Waals surface area contributed by atoms with Gasteiger partial charge in [0.05, 0.1) is 11.1 Å². The fourth-order valence-corrected chi connectivity index (χ4v) is 3.54. The first-order valence-electron chi connectivity index (χ1n) is 10.3. The van der Waals surface area contributed by atoms with E-state index in [1.165, 1.54) is 24.4 Å². The summed E-state index contributed by atoms with van der Waals surface area (Å²) >= 11 is 0. The number of halogens is 5. The molecule has 4 rings (SSSR count). The Morgan fingerprint density at radius 1 is 1.06 bits per heavy atom. The summed E-state index contributed by atoms with van der Waals surface area (Å²) < 4.78 is 67.7. The first-order valence-corrected chi connectivity index (χ1v) is 10.3. The Balaban J connectivity index is 1.56. The van der Waals surface area contributed by atoms with Crippen LogP contribution in [0.2, 0.25) is 0 Å². The van der Waals surface area contributed by atoms with Crippen LogP contribution in [-0.2, 0) is 6.18 Å². The highest BCUT2D eigenvalue weighted by molar-refractivity contribution is 6.10. The Morgan fingerprint density at radius 2 is 1.83 bits per heavy atom. The number of rotatable bonds is 4. The van der Waals surface area contributed by atoms with E-state index in [4.69, 9.17) is 0 Å². The molecule has 0 unspecified atom stereocenters. The summed E-state index contributed by atoms with van der Waals surface area (Å²) in [5.41, 5.74) is -3.18. The van der Waals surface area contributed by atoms with Crippen LogP contribution in [0.1, 0.15) is 32.7 Å². The summed E-state index contributed by atoms with van der Waals surface area (Å²) in [6.07, 6.45) is -2.58. The molecular weight excluding hydrogens is 491 g/mol. The summed E-state index contributed by atoms with van der Waals surface area (Å²) in [5, 5.41) is 9.84. The number of aromatic nitrogens is 3. The minimum Gasteiger partial charge on any atom is -0.305 e. The van der Waals surface area contributed by atoms with E-state index in [0.717, 1.165) is 11.1 Å². The summed E-state index contributed by atoms with van der Waals surface area (Å²) in [4.78, 5) is 43.6. The van der Waals surface area contributed by atoms with Crippen LogP contribution in [0.15, 0.2) is 48.8 Å². The smallest absolute Gasteiger partial charge is 0.305 e. The summed E-state index contributed by atoms with van der Waals surface area (Å²) in [6.45, 7) is -0.216. The minimum absolute atomic E-state index is 0.00928. The molecule has 36 heavy (non-hydrogen) atoms. The topological polar surface area (TPSA) is 108 Å². The Kier molecular flexibility index (Phi) is 6.59. The van der Waals surface area contributed by atoms with Gasteiger partial charge in [0, 0.05) is 31.5 Å². The van der Waals surface area contributed by atoms with Crippen molar-refractivity contribution in [3.63, 3.8) is 0 Å². The predicted molar refractivity (Wildman–Crippen MR) is 114 cm³/mol. The lowest BCUT2D eigenvalue weighted by Gasteiger charge is -2.34. The molecule has 0 radical (unpaired) electrons. The lowest BCUT2D eigenvalue weighted by Crippen LogP contribution is -2.52. The molecule has 9 nitrogen and oxygen atoms in total. The largest absolute Gasteiger partial charge is 0.420 e. The minimum atomic E-state index is -5.30. The standard InChI is InChI=1S/C22H15F5N6O3/c23-13-9-14(18(15(24)10-13)22(25,26)27)20(35)33-8-2-7-32(21(33)36)17-5-4-12(11-28-17)19(34)30-16-3-1-6-29-31-16/h1,3-6,9-11H,2,7-8H2,(H,30,31,34). The van der Waals surface area contributed by atoms with Crippen molar-refractivity contribution in [3.05, 3.63) is 77.1 Å². The van der Waals surface area contributed by atoms with Crippen LogP contribution in [0, 0.1) is 11.6 Å². The maximum atomic E-state index is 13.9. The zero-order valence-corrected chi connectivity index (χ0v) is 18.1. The van der Waals surface area contributed by atoms with Gasteiger partial charge in [-0.3, -0.25) is 19.4 Å². The molecule has 1 saturated heterocycles. The summed E-state index contributed by atoms with van der Waals surface area (Å²) in [6, 6.07) is 4.94. The second-order valence-corrected chi connectivity index (χ2v) is 7.52. The molecule has 2 aromatic heterocycles. The molecule has 0 aliphatic carbocycles. The molecule has 3 heterocycles. The van der Waals surface area contributed by atoms with Gasteiger partial charge >= 0.3 is 12.2 Å². The molecule has 4 amide bonds. The zero-order valence-electron chi connectivity index (χ0n) is 18.1. The fourth-order valence-electron chi connectivity index (χ4n) is 3.54. The van der Waals surface area contributed by atoms with Gasteiger partial charge in [-0.05, 0) is 36.8 Å². The number of imide groups is 1. The monoisotopic (exact) mass is 506 g/mol. The summed E-state index contributed by atoms with van der Waals surface area (Å²) in [7, 11) is 0. The van der Waals surface area contributed by atoms with Crippen LogP contribution in [0.5, 0.6) is 0 Å². The number of nitrogens with zero attached hydrogens (tertiary/aromatic N) is 5. The van der Waals surface area contributed by atoms with Gasteiger partial charge in [-0.15, -0.1) is 5.10 Å². The Hall–Kier alpha value is -4.49. The molecular formula is C22H15F5N6O3. The molecule has 1 aliphatic heterocycles. The van der Waals surface area contributed by atoms with Gasteiger partial charge in [-0.1, -0.05) is 0 Å². The van der Waals surface area contributed by atoms with E-state index in [2.05, 4.69) is 20.5 Å². The molecule has 1 N–H and O–H groups in total. The number of anilines is 2. The van der Waals surface area contributed by atoms with Crippen LogP contribution in [0.3, 0.4) is 0 Å². The van der Waals surface area contributed by atoms with Crippen molar-refractivity contribution in [1.82, 2.24) is 20.1 Å². The number of nitrogens with one attached hydrogen (secondary N) is 1. The van der Waals surface area contributed by atoms with Crippen LogP contribution in [-0.4, -0.2) is 51.0 Å². The molecule has 1 aromatic carbocycles. The maximum Gasteiger partial charge on any atom is 0.420 e. The van der Waals surface area contributed by atoms with Gasteiger partial charge in [0.15, 0.2) is 5.82 Å². The van der Waals surface area contributed by atoms with E-state index in [-0.39, 0.29) is 48.8 Å². The van der Waals surface area contributed by atoms with Gasteiger partial charge < -0.3 is 5.32 Å². The van der Waals surface area contributed by atoms with E-state index in [9.17, 15) is 36.3 Å². The highest BCUT2D eigenvalue weighted by atomic mass is 19.4. The van der Waals surface area contributed by atoms with E-state index in [0.29, 0.717) is 4.90 Å². The second-order valence-electron chi connectivity index (χ2n) is 7.52. The SMILES string of the molecule is O=C(Nc1cccnn1)c1ccc(N2CCCN(C(=O)c3cc(F)cc(F)c3C(F)(F)F)C2=O)nc1. The molecule has 3 aromatic rings. The number of carbonyl (C=O) groups is 3. The van der Waals surface area contributed by atoms with Gasteiger partial charge in [0.2, 0.25) is 0 Å². The molecule has 0 atom stereocenters. The highest BCUT2D eigenvalue weighted by Crippen LogP contribution is 2.35. The third-order valence-corrected chi connectivity index (χ3v) is 5.14. The normalized spacial score (nSPS) is 14.1. The number of amides is 4. The van der Waals surface area contributed by atoms with Gasteiger partial charge in [0.25, 0.3) is 11.8 Å². The number of carbonyl (C=O) groups excluding carboxylic acids is 3. The van der Waals surface area contributed by atoms with Gasteiger partial charge in [0.1, 0.15) is 23.0 Å². The van der Waals surface area contributed by atoms with Crippen LogP contribution >= 0.6 is 0 Å². The number of hydrogen-bond acceptors (Lipinski definition) is 6. The first kappa shape index (κ1) is 24.6. The summed E-state index contributed by atoms with van der Waals surface area (Å²) in [5.74, 6) is -5.24. The van der Waals surface area contributed by atoms with E-state index >= 15 is 0 Å². The number of pyridine rings is 1. The second kappa shape index (κ2) is 9.64. The van der Waals surface area contributed by atoms with E-state index in [1.54, 1.807) is 6.07 Å². The molecule has 0 saturated carbocycles. The lowest BCUT2D eigenvalue weighted by atomic mass is 10.0. The zero-order chi connectivity index (χ0) is 26.0. The average molecular weight is 506 g/mol. The highest BCUT2D eigenvalue weighted by Gasteiger charge is 2.42. The predicted octanol–water partition coefficient (Wildman–Crippen LogP) is 3.89. The molecule has 0 bridgehead atoms. The third kappa shape index (κ3) is 4.96. The van der Waals surface area contributed by atoms with E-state index in [1.807, 2.05) is 0 Å². The molecule has 1 fully saturated rings. The number of urea groups is 1. The third-order valence-electron chi connectivity index (χ3n) is 5.14.